The molecule has 1 aliphatic heterocycles. The molecule has 2 heterocycles. The first-order valence-electron chi connectivity index (χ1n) is 10.1. The van der Waals surface area contributed by atoms with Gasteiger partial charge in [-0.1, -0.05) is 12.1 Å². The fraction of sp³-hybridized carbons (Fsp3) is 0.476. The van der Waals surface area contributed by atoms with Gasteiger partial charge in [0.05, 0.1) is 17.2 Å². The van der Waals surface area contributed by atoms with Gasteiger partial charge in [0.25, 0.3) is 0 Å². The van der Waals surface area contributed by atoms with Crippen LogP contribution < -0.4 is 5.32 Å². The van der Waals surface area contributed by atoms with E-state index in [1.807, 2.05) is 60.2 Å². The molecule has 1 N–H and O–H groups in total. The molecule has 0 aliphatic carbocycles. The van der Waals surface area contributed by atoms with Crippen molar-refractivity contribution >= 4 is 29.0 Å². The van der Waals surface area contributed by atoms with Crippen molar-refractivity contribution in [3.05, 3.63) is 34.7 Å². The van der Waals surface area contributed by atoms with Crippen molar-refractivity contribution in [1.29, 1.82) is 0 Å². The van der Waals surface area contributed by atoms with Gasteiger partial charge in [-0.2, -0.15) is 0 Å². The number of piperazine rings is 1. The number of anilines is 1. The van der Waals surface area contributed by atoms with E-state index < -0.39 is 0 Å². The Balaban J connectivity index is 1.50. The Labute approximate surface area is 176 Å². The molecule has 0 unspecified atom stereocenters. The normalized spacial score (nSPS) is 14.7. The van der Waals surface area contributed by atoms with Crippen molar-refractivity contribution in [1.82, 2.24) is 19.7 Å². The van der Waals surface area contributed by atoms with Crippen molar-refractivity contribution in [2.24, 2.45) is 0 Å². The van der Waals surface area contributed by atoms with E-state index in [0.717, 1.165) is 35.0 Å². The number of thiazole rings is 1. The first-order chi connectivity index (χ1) is 14.0. The molecule has 1 aliphatic rings. The number of urea groups is 1. The van der Waals surface area contributed by atoms with Gasteiger partial charge in [0.2, 0.25) is 5.91 Å². The third-order valence-corrected chi connectivity index (χ3v) is 5.88. The highest BCUT2D eigenvalue weighted by atomic mass is 32.1. The Kier molecular flexibility index (Phi) is 7.22. The lowest BCUT2D eigenvalue weighted by Crippen LogP contribution is -2.53. The highest BCUT2D eigenvalue weighted by Gasteiger charge is 2.24. The molecule has 1 aromatic carbocycles. The summed E-state index contributed by atoms with van der Waals surface area (Å²) in [5.41, 5.74) is 2.70. The number of hydrogen-bond donors (Lipinski definition) is 1. The average Bonchev–Trinajstić information content (AvgIpc) is 3.16. The van der Waals surface area contributed by atoms with Crippen molar-refractivity contribution in [2.75, 3.05) is 51.1 Å². The van der Waals surface area contributed by atoms with E-state index in [0.29, 0.717) is 32.7 Å². The topological polar surface area (TPSA) is 68.8 Å². The minimum atomic E-state index is -0.0415. The maximum Gasteiger partial charge on any atom is 0.320 e. The molecular formula is C21H29N5O2S. The molecule has 0 saturated carbocycles. The van der Waals surface area contributed by atoms with Crippen molar-refractivity contribution in [3.8, 4) is 11.3 Å². The number of hydrogen-bond acceptors (Lipinski definition) is 5. The molecule has 0 bridgehead atoms. The van der Waals surface area contributed by atoms with Crippen LogP contribution in [0.2, 0.25) is 0 Å². The third kappa shape index (κ3) is 5.55. The monoisotopic (exact) mass is 415 g/mol. The van der Waals surface area contributed by atoms with E-state index in [1.165, 1.54) is 0 Å². The number of amides is 3. The first-order valence-corrected chi connectivity index (χ1v) is 11.0. The first kappa shape index (κ1) is 21.3. The summed E-state index contributed by atoms with van der Waals surface area (Å²) < 4.78 is 0. The largest absolute Gasteiger partial charge is 0.325 e. The zero-order chi connectivity index (χ0) is 20.8. The molecular weight excluding hydrogens is 386 g/mol. The molecule has 1 saturated heterocycles. The van der Waals surface area contributed by atoms with Gasteiger partial charge in [0, 0.05) is 55.9 Å². The number of aromatic nitrogens is 1. The number of aryl methyl sites for hydroxylation is 1. The Morgan fingerprint density at radius 1 is 1.17 bits per heavy atom. The standard InChI is InChI=1S/C21H29N5O2S/c1-4-25(5-2)21(28)26-11-9-24(10-12-26)14-20(27)23-18-8-6-7-17(13-18)19-15-29-16(3)22-19/h6-8,13,15H,4-5,9-12,14H2,1-3H3,(H,23,27). The van der Waals surface area contributed by atoms with Gasteiger partial charge >= 0.3 is 6.03 Å². The molecule has 29 heavy (non-hydrogen) atoms. The van der Waals surface area contributed by atoms with Crippen LogP contribution in [0, 0.1) is 6.92 Å². The summed E-state index contributed by atoms with van der Waals surface area (Å²) in [5, 5.41) is 6.03. The fourth-order valence-corrected chi connectivity index (χ4v) is 4.07. The number of carbonyl (C=O) groups excluding carboxylic acids is 2. The second-order valence-corrected chi connectivity index (χ2v) is 8.16. The summed E-state index contributed by atoms with van der Waals surface area (Å²) in [6.07, 6.45) is 0. The summed E-state index contributed by atoms with van der Waals surface area (Å²) in [6.45, 7) is 10.5. The van der Waals surface area contributed by atoms with E-state index in [1.54, 1.807) is 11.3 Å². The maximum atomic E-state index is 12.5. The lowest BCUT2D eigenvalue weighted by molar-refractivity contribution is -0.117. The summed E-state index contributed by atoms with van der Waals surface area (Å²) >= 11 is 1.61. The number of benzene rings is 1. The van der Waals surface area contributed by atoms with Crippen LogP contribution in [0.1, 0.15) is 18.9 Å². The Morgan fingerprint density at radius 2 is 1.90 bits per heavy atom. The highest BCUT2D eigenvalue weighted by molar-refractivity contribution is 7.09. The molecule has 1 aromatic heterocycles. The molecule has 3 amide bonds. The van der Waals surface area contributed by atoms with E-state index in [4.69, 9.17) is 0 Å². The Bertz CT molecular complexity index is 841. The fourth-order valence-electron chi connectivity index (χ4n) is 3.45. The van der Waals surface area contributed by atoms with Gasteiger partial charge in [-0.3, -0.25) is 9.69 Å². The third-order valence-electron chi connectivity index (χ3n) is 5.11. The molecule has 1 fully saturated rings. The maximum absolute atomic E-state index is 12.5. The van der Waals surface area contributed by atoms with Gasteiger partial charge in [-0.25, -0.2) is 9.78 Å². The molecule has 3 rings (SSSR count). The van der Waals surface area contributed by atoms with E-state index in [9.17, 15) is 9.59 Å². The number of carbonyl (C=O) groups is 2. The average molecular weight is 416 g/mol. The lowest BCUT2D eigenvalue weighted by Gasteiger charge is -2.36. The van der Waals surface area contributed by atoms with Gasteiger partial charge in [-0.05, 0) is 32.9 Å². The number of rotatable bonds is 6. The van der Waals surface area contributed by atoms with Crippen LogP contribution in [-0.4, -0.2) is 77.4 Å². The van der Waals surface area contributed by atoms with Gasteiger partial charge in [-0.15, -0.1) is 11.3 Å². The summed E-state index contributed by atoms with van der Waals surface area (Å²) in [6, 6.07) is 7.86. The van der Waals surface area contributed by atoms with Crippen LogP contribution in [0.4, 0.5) is 10.5 Å². The number of nitrogens with one attached hydrogen (secondary N) is 1. The molecule has 8 heteroatoms. The van der Waals surface area contributed by atoms with Gasteiger partial charge in [0.15, 0.2) is 0 Å². The molecule has 156 valence electrons. The molecule has 0 spiro atoms. The minimum absolute atomic E-state index is 0.0415. The summed E-state index contributed by atoms with van der Waals surface area (Å²) in [4.78, 5) is 35.2. The van der Waals surface area contributed by atoms with E-state index in [2.05, 4.69) is 15.2 Å². The van der Waals surface area contributed by atoms with E-state index in [-0.39, 0.29) is 11.9 Å². The van der Waals surface area contributed by atoms with Crippen LogP contribution >= 0.6 is 11.3 Å². The van der Waals surface area contributed by atoms with Crippen LogP contribution in [0.25, 0.3) is 11.3 Å². The molecule has 0 atom stereocenters. The van der Waals surface area contributed by atoms with Crippen molar-refractivity contribution in [2.45, 2.75) is 20.8 Å². The molecule has 0 radical (unpaired) electrons. The molecule has 2 aromatic rings. The Morgan fingerprint density at radius 3 is 2.52 bits per heavy atom. The molecule has 7 nitrogen and oxygen atoms in total. The predicted molar refractivity (Wildman–Crippen MR) is 117 cm³/mol. The highest BCUT2D eigenvalue weighted by Crippen LogP contribution is 2.24. The summed E-state index contributed by atoms with van der Waals surface area (Å²) in [7, 11) is 0. The van der Waals surface area contributed by atoms with Crippen molar-refractivity contribution < 1.29 is 9.59 Å². The van der Waals surface area contributed by atoms with Gasteiger partial charge in [0.1, 0.15) is 0 Å². The lowest BCUT2D eigenvalue weighted by atomic mass is 10.1. The Hall–Kier alpha value is -2.45. The minimum Gasteiger partial charge on any atom is -0.325 e. The van der Waals surface area contributed by atoms with Crippen LogP contribution in [0.15, 0.2) is 29.6 Å². The van der Waals surface area contributed by atoms with Crippen LogP contribution in [0.5, 0.6) is 0 Å². The number of nitrogens with zero attached hydrogens (tertiary/aromatic N) is 4. The quantitative estimate of drug-likeness (QED) is 0.787. The summed E-state index contributed by atoms with van der Waals surface area (Å²) in [5.74, 6) is -0.0415. The zero-order valence-electron chi connectivity index (χ0n) is 17.4. The smallest absolute Gasteiger partial charge is 0.320 e. The van der Waals surface area contributed by atoms with Crippen LogP contribution in [-0.2, 0) is 4.79 Å². The predicted octanol–water partition coefficient (Wildman–Crippen LogP) is 3.14. The SMILES string of the molecule is CCN(CC)C(=O)N1CCN(CC(=O)Nc2cccc(-c3csc(C)n3)c2)CC1. The van der Waals surface area contributed by atoms with Crippen molar-refractivity contribution in [3.63, 3.8) is 0 Å². The zero-order valence-corrected chi connectivity index (χ0v) is 18.2. The van der Waals surface area contributed by atoms with Gasteiger partial charge < -0.3 is 15.1 Å². The van der Waals surface area contributed by atoms with Crippen LogP contribution in [0.3, 0.4) is 0 Å². The van der Waals surface area contributed by atoms with E-state index >= 15 is 0 Å². The second-order valence-electron chi connectivity index (χ2n) is 7.10. The second kappa shape index (κ2) is 9.84.